The van der Waals surface area contributed by atoms with E-state index < -0.39 is 0 Å². The summed E-state index contributed by atoms with van der Waals surface area (Å²) in [6.07, 6.45) is 6.81. The van der Waals surface area contributed by atoms with Gasteiger partial charge in [-0.1, -0.05) is 6.07 Å². The number of amides is 1. The molecule has 130 valence electrons. The normalized spacial score (nSPS) is 19.4. The van der Waals surface area contributed by atoms with Crippen molar-refractivity contribution in [2.24, 2.45) is 5.41 Å². The number of piperidine rings is 1. The van der Waals surface area contributed by atoms with Crippen LogP contribution in [0.4, 0.5) is 5.95 Å². The first kappa shape index (κ1) is 16.0. The van der Waals surface area contributed by atoms with E-state index in [0.29, 0.717) is 5.69 Å². The molecule has 4 heterocycles. The molecule has 0 aromatic carbocycles. The van der Waals surface area contributed by atoms with Crippen molar-refractivity contribution in [3.8, 4) is 0 Å². The summed E-state index contributed by atoms with van der Waals surface area (Å²) in [6.45, 7) is 5.51. The predicted octanol–water partition coefficient (Wildman–Crippen LogP) is 2.31. The van der Waals surface area contributed by atoms with Gasteiger partial charge < -0.3 is 9.80 Å². The van der Waals surface area contributed by atoms with Crippen LogP contribution >= 0.6 is 0 Å². The Morgan fingerprint density at radius 1 is 1.04 bits per heavy atom. The Morgan fingerprint density at radius 2 is 1.76 bits per heavy atom. The van der Waals surface area contributed by atoms with Gasteiger partial charge in [-0.15, -0.1) is 0 Å². The number of nitrogens with zero attached hydrogens (tertiary/aromatic N) is 5. The third-order valence-electron chi connectivity index (χ3n) is 5.49. The smallest absolute Gasteiger partial charge is 0.272 e. The Kier molecular flexibility index (Phi) is 4.11. The van der Waals surface area contributed by atoms with Gasteiger partial charge in [-0.05, 0) is 49.8 Å². The average molecular weight is 337 g/mol. The molecule has 1 amide bonds. The molecule has 4 rings (SSSR count). The fourth-order valence-electron chi connectivity index (χ4n) is 3.98. The highest BCUT2D eigenvalue weighted by Crippen LogP contribution is 2.41. The molecule has 2 aromatic rings. The number of rotatable bonds is 2. The van der Waals surface area contributed by atoms with E-state index in [1.165, 1.54) is 0 Å². The molecule has 2 fully saturated rings. The summed E-state index contributed by atoms with van der Waals surface area (Å²) in [7, 11) is 0. The minimum Gasteiger partial charge on any atom is -0.340 e. The molecule has 0 unspecified atom stereocenters. The summed E-state index contributed by atoms with van der Waals surface area (Å²) in [5.74, 6) is 0.877. The van der Waals surface area contributed by atoms with Gasteiger partial charge in [0, 0.05) is 44.3 Å². The second kappa shape index (κ2) is 6.43. The number of carbonyl (C=O) groups is 1. The lowest BCUT2D eigenvalue weighted by molar-refractivity contribution is 0.0604. The maximum absolute atomic E-state index is 12.7. The van der Waals surface area contributed by atoms with Gasteiger partial charge in [0.05, 0.1) is 0 Å². The molecule has 25 heavy (non-hydrogen) atoms. The summed E-state index contributed by atoms with van der Waals surface area (Å²) in [4.78, 5) is 30.0. The van der Waals surface area contributed by atoms with E-state index in [1.807, 2.05) is 36.1 Å². The first-order valence-electron chi connectivity index (χ1n) is 8.90. The van der Waals surface area contributed by atoms with Gasteiger partial charge in [-0.25, -0.2) is 15.0 Å². The second-order valence-electron chi connectivity index (χ2n) is 7.18. The topological polar surface area (TPSA) is 62.2 Å². The van der Waals surface area contributed by atoms with Crippen LogP contribution in [0.3, 0.4) is 0 Å². The van der Waals surface area contributed by atoms with Crippen LogP contribution < -0.4 is 4.90 Å². The first-order chi connectivity index (χ1) is 12.2. The molecule has 2 aliphatic rings. The zero-order chi connectivity index (χ0) is 17.3. The summed E-state index contributed by atoms with van der Waals surface area (Å²) >= 11 is 0. The van der Waals surface area contributed by atoms with Gasteiger partial charge in [0.25, 0.3) is 5.91 Å². The molecule has 2 saturated heterocycles. The minimum atomic E-state index is 0.0554. The summed E-state index contributed by atoms with van der Waals surface area (Å²) < 4.78 is 0. The van der Waals surface area contributed by atoms with Crippen molar-refractivity contribution in [3.05, 3.63) is 48.0 Å². The largest absolute Gasteiger partial charge is 0.340 e. The number of hydrogen-bond donors (Lipinski definition) is 0. The maximum Gasteiger partial charge on any atom is 0.272 e. The molecule has 0 bridgehead atoms. The van der Waals surface area contributed by atoms with Crippen molar-refractivity contribution in [1.29, 1.82) is 0 Å². The third kappa shape index (κ3) is 3.21. The van der Waals surface area contributed by atoms with E-state index >= 15 is 0 Å². The standard InChI is InChI=1S/C19H23N5O/c1-15-4-2-5-16(22-15)17(25)23-11-6-19(7-12-23)8-13-24(14-19)18-20-9-3-10-21-18/h2-5,9-10H,6-8,11-14H2,1H3. The van der Waals surface area contributed by atoms with Crippen LogP contribution in [-0.4, -0.2) is 51.9 Å². The molecule has 0 N–H and O–H groups in total. The molecule has 0 aliphatic carbocycles. The summed E-state index contributed by atoms with van der Waals surface area (Å²) in [5, 5.41) is 0. The van der Waals surface area contributed by atoms with E-state index in [1.54, 1.807) is 12.4 Å². The number of carbonyl (C=O) groups excluding carboxylic acids is 1. The predicted molar refractivity (Wildman–Crippen MR) is 95.4 cm³/mol. The van der Waals surface area contributed by atoms with Crippen molar-refractivity contribution in [2.75, 3.05) is 31.1 Å². The van der Waals surface area contributed by atoms with E-state index in [0.717, 1.165) is 57.1 Å². The Bertz CT molecular complexity index is 755. The second-order valence-corrected chi connectivity index (χ2v) is 7.18. The quantitative estimate of drug-likeness (QED) is 0.841. The van der Waals surface area contributed by atoms with E-state index in [9.17, 15) is 4.79 Å². The third-order valence-corrected chi connectivity index (χ3v) is 5.49. The average Bonchev–Trinajstić information content (AvgIpc) is 3.06. The van der Waals surface area contributed by atoms with Crippen molar-refractivity contribution in [1.82, 2.24) is 19.9 Å². The Labute approximate surface area is 147 Å². The molecule has 1 spiro atoms. The Hall–Kier alpha value is -2.50. The molecule has 6 heteroatoms. The Balaban J connectivity index is 1.39. The van der Waals surface area contributed by atoms with Gasteiger partial charge in [0.15, 0.2) is 0 Å². The van der Waals surface area contributed by atoms with Crippen LogP contribution in [0.1, 0.15) is 35.4 Å². The minimum absolute atomic E-state index is 0.0554. The SMILES string of the molecule is Cc1cccc(C(=O)N2CCC3(CC2)CCN(c2ncccn2)C3)n1. The number of aryl methyl sites for hydroxylation is 1. The van der Waals surface area contributed by atoms with E-state index in [-0.39, 0.29) is 11.3 Å². The zero-order valence-electron chi connectivity index (χ0n) is 14.6. The van der Waals surface area contributed by atoms with Crippen LogP contribution in [0.15, 0.2) is 36.7 Å². The maximum atomic E-state index is 12.7. The van der Waals surface area contributed by atoms with Gasteiger partial charge in [0.1, 0.15) is 5.69 Å². The van der Waals surface area contributed by atoms with Crippen molar-refractivity contribution in [2.45, 2.75) is 26.2 Å². The molecule has 0 saturated carbocycles. The molecule has 2 aliphatic heterocycles. The molecule has 0 radical (unpaired) electrons. The van der Waals surface area contributed by atoms with Gasteiger partial charge in [-0.3, -0.25) is 4.79 Å². The van der Waals surface area contributed by atoms with Crippen LogP contribution in [-0.2, 0) is 0 Å². The van der Waals surface area contributed by atoms with Gasteiger partial charge in [-0.2, -0.15) is 0 Å². The number of pyridine rings is 1. The van der Waals surface area contributed by atoms with Crippen LogP contribution in [0.25, 0.3) is 0 Å². The fourth-order valence-corrected chi connectivity index (χ4v) is 3.98. The van der Waals surface area contributed by atoms with E-state index in [4.69, 9.17) is 0 Å². The lowest BCUT2D eigenvalue weighted by atomic mass is 9.77. The fraction of sp³-hybridized carbons (Fsp3) is 0.474. The van der Waals surface area contributed by atoms with E-state index in [2.05, 4.69) is 19.9 Å². The molecule has 2 aromatic heterocycles. The van der Waals surface area contributed by atoms with Crippen molar-refractivity contribution >= 4 is 11.9 Å². The van der Waals surface area contributed by atoms with Gasteiger partial charge in [0.2, 0.25) is 5.95 Å². The highest BCUT2D eigenvalue weighted by atomic mass is 16.2. The van der Waals surface area contributed by atoms with Crippen molar-refractivity contribution < 1.29 is 4.79 Å². The zero-order valence-corrected chi connectivity index (χ0v) is 14.6. The molecule has 6 nitrogen and oxygen atoms in total. The van der Waals surface area contributed by atoms with Crippen LogP contribution in [0.5, 0.6) is 0 Å². The lowest BCUT2D eigenvalue weighted by Crippen LogP contribution is -2.44. The monoisotopic (exact) mass is 337 g/mol. The molecule has 0 atom stereocenters. The highest BCUT2D eigenvalue weighted by Gasteiger charge is 2.42. The lowest BCUT2D eigenvalue weighted by Gasteiger charge is -2.39. The van der Waals surface area contributed by atoms with Crippen LogP contribution in [0, 0.1) is 12.3 Å². The molecular formula is C19H23N5O. The summed E-state index contributed by atoms with van der Waals surface area (Å²) in [6, 6.07) is 7.47. The Morgan fingerprint density at radius 3 is 2.48 bits per heavy atom. The number of hydrogen-bond acceptors (Lipinski definition) is 5. The van der Waals surface area contributed by atoms with Crippen molar-refractivity contribution in [3.63, 3.8) is 0 Å². The summed E-state index contributed by atoms with van der Waals surface area (Å²) in [5.41, 5.74) is 1.73. The van der Waals surface area contributed by atoms with Gasteiger partial charge >= 0.3 is 0 Å². The number of aromatic nitrogens is 3. The van der Waals surface area contributed by atoms with Crippen LogP contribution in [0.2, 0.25) is 0 Å². The number of anilines is 1. The first-order valence-corrected chi connectivity index (χ1v) is 8.90. The highest BCUT2D eigenvalue weighted by molar-refractivity contribution is 5.92. The number of likely N-dealkylation sites (tertiary alicyclic amines) is 1. The molecular weight excluding hydrogens is 314 g/mol.